The minimum absolute atomic E-state index is 0.0273. The molecule has 2 fully saturated rings. The van der Waals surface area contributed by atoms with Gasteiger partial charge in [0.1, 0.15) is 5.56 Å². The first-order chi connectivity index (χ1) is 13.7. The van der Waals surface area contributed by atoms with Crippen molar-refractivity contribution >= 4 is 5.91 Å². The smallest absolute Gasteiger partial charge is 0.267 e. The topological polar surface area (TPSA) is 91.0 Å². The number of rotatable bonds is 4. The SMILES string of the molecule is O=C(NC1CCC(n2nc(C3CC3)ccc2=O)CC1)c1cnn2c1OCCC2. The normalized spacial score (nSPS) is 24.3. The lowest BCUT2D eigenvalue weighted by Gasteiger charge is -2.29. The highest BCUT2D eigenvalue weighted by atomic mass is 16.5. The molecule has 148 valence electrons. The van der Waals surface area contributed by atoms with E-state index in [0.717, 1.165) is 44.3 Å². The lowest BCUT2D eigenvalue weighted by atomic mass is 9.91. The van der Waals surface area contributed by atoms with Crippen LogP contribution in [0, 0.1) is 0 Å². The highest BCUT2D eigenvalue weighted by Gasteiger charge is 2.29. The number of nitrogens with zero attached hydrogens (tertiary/aromatic N) is 4. The van der Waals surface area contributed by atoms with Gasteiger partial charge in [-0.1, -0.05) is 0 Å². The van der Waals surface area contributed by atoms with E-state index in [-0.39, 0.29) is 23.6 Å². The molecule has 2 aromatic rings. The van der Waals surface area contributed by atoms with Crippen LogP contribution in [0.2, 0.25) is 0 Å². The fourth-order valence-corrected chi connectivity index (χ4v) is 4.25. The molecular weight excluding hydrogens is 358 g/mol. The van der Waals surface area contributed by atoms with E-state index in [2.05, 4.69) is 15.5 Å². The van der Waals surface area contributed by atoms with E-state index in [1.807, 2.05) is 6.07 Å². The van der Waals surface area contributed by atoms with E-state index in [1.54, 1.807) is 21.6 Å². The van der Waals surface area contributed by atoms with Gasteiger partial charge in [-0.25, -0.2) is 9.36 Å². The van der Waals surface area contributed by atoms with Crippen LogP contribution in [0.4, 0.5) is 0 Å². The lowest BCUT2D eigenvalue weighted by molar-refractivity contribution is 0.0914. The second-order valence-corrected chi connectivity index (χ2v) is 8.08. The Labute approximate surface area is 162 Å². The van der Waals surface area contributed by atoms with Gasteiger partial charge in [-0.3, -0.25) is 9.59 Å². The predicted octanol–water partition coefficient (Wildman–Crippen LogP) is 2.01. The van der Waals surface area contributed by atoms with Gasteiger partial charge >= 0.3 is 0 Å². The number of aromatic nitrogens is 4. The summed E-state index contributed by atoms with van der Waals surface area (Å²) in [4.78, 5) is 24.9. The van der Waals surface area contributed by atoms with Gasteiger partial charge in [0, 0.05) is 31.0 Å². The van der Waals surface area contributed by atoms with Gasteiger partial charge in [0.05, 0.1) is 24.5 Å². The molecule has 5 rings (SSSR count). The van der Waals surface area contributed by atoms with Crippen LogP contribution in [0.5, 0.6) is 5.88 Å². The van der Waals surface area contributed by atoms with Crippen LogP contribution in [0.3, 0.4) is 0 Å². The first-order valence-electron chi connectivity index (χ1n) is 10.3. The van der Waals surface area contributed by atoms with Crippen molar-refractivity contribution in [3.63, 3.8) is 0 Å². The molecule has 0 radical (unpaired) electrons. The van der Waals surface area contributed by atoms with E-state index in [1.165, 1.54) is 12.8 Å². The number of ether oxygens (including phenoxy) is 1. The summed E-state index contributed by atoms with van der Waals surface area (Å²) in [5, 5.41) is 12.0. The van der Waals surface area contributed by atoms with Crippen LogP contribution in [0.25, 0.3) is 0 Å². The van der Waals surface area contributed by atoms with Crippen LogP contribution in [-0.2, 0) is 6.54 Å². The van der Waals surface area contributed by atoms with E-state index in [4.69, 9.17) is 4.74 Å². The Kier molecular flexibility index (Phi) is 4.41. The summed E-state index contributed by atoms with van der Waals surface area (Å²) in [6.45, 7) is 1.41. The molecule has 1 N–H and O–H groups in total. The fraction of sp³-hybridized carbons (Fsp3) is 0.600. The Morgan fingerprint density at radius 2 is 1.96 bits per heavy atom. The molecule has 8 heteroatoms. The Balaban J connectivity index is 1.22. The largest absolute Gasteiger partial charge is 0.477 e. The maximum Gasteiger partial charge on any atom is 0.267 e. The average molecular weight is 383 g/mol. The zero-order valence-electron chi connectivity index (χ0n) is 15.8. The van der Waals surface area contributed by atoms with Gasteiger partial charge < -0.3 is 10.1 Å². The summed E-state index contributed by atoms with van der Waals surface area (Å²) in [7, 11) is 0. The third-order valence-electron chi connectivity index (χ3n) is 6.01. The Morgan fingerprint density at radius 3 is 2.75 bits per heavy atom. The van der Waals surface area contributed by atoms with Crippen molar-refractivity contribution in [1.82, 2.24) is 24.9 Å². The molecule has 28 heavy (non-hydrogen) atoms. The van der Waals surface area contributed by atoms with Crippen molar-refractivity contribution in [2.75, 3.05) is 6.61 Å². The minimum atomic E-state index is -0.127. The number of carbonyl (C=O) groups excluding carboxylic acids is 1. The highest BCUT2D eigenvalue weighted by molar-refractivity contribution is 5.96. The molecule has 0 bridgehead atoms. The van der Waals surface area contributed by atoms with Gasteiger partial charge in [0.15, 0.2) is 0 Å². The monoisotopic (exact) mass is 383 g/mol. The quantitative estimate of drug-likeness (QED) is 0.872. The molecule has 8 nitrogen and oxygen atoms in total. The van der Waals surface area contributed by atoms with Crippen LogP contribution in [0.15, 0.2) is 23.1 Å². The van der Waals surface area contributed by atoms with Gasteiger partial charge in [0.2, 0.25) is 5.88 Å². The molecule has 0 spiro atoms. The Bertz CT molecular complexity index is 938. The summed E-state index contributed by atoms with van der Waals surface area (Å²) in [5.74, 6) is 0.981. The summed E-state index contributed by atoms with van der Waals surface area (Å²) in [6, 6.07) is 3.74. The Hall–Kier alpha value is -2.64. The molecule has 2 aromatic heterocycles. The molecule has 1 aliphatic heterocycles. The van der Waals surface area contributed by atoms with Gasteiger partial charge in [0.25, 0.3) is 11.5 Å². The standard InChI is InChI=1S/C20H25N5O3/c26-18-9-8-17(13-2-3-13)23-25(18)15-6-4-14(5-7-15)22-19(27)16-12-21-24-10-1-11-28-20(16)24/h8-9,12-15H,1-7,10-11H2,(H,22,27). The van der Waals surface area contributed by atoms with Crippen molar-refractivity contribution in [1.29, 1.82) is 0 Å². The molecule has 1 amide bonds. The highest BCUT2D eigenvalue weighted by Crippen LogP contribution is 2.38. The lowest BCUT2D eigenvalue weighted by Crippen LogP contribution is -2.39. The maximum absolute atomic E-state index is 12.7. The van der Waals surface area contributed by atoms with Crippen LogP contribution in [-0.4, -0.2) is 38.1 Å². The third kappa shape index (κ3) is 3.31. The zero-order valence-corrected chi connectivity index (χ0v) is 15.8. The third-order valence-corrected chi connectivity index (χ3v) is 6.01. The molecule has 3 aliphatic rings. The van der Waals surface area contributed by atoms with Gasteiger partial charge in [-0.05, 0) is 44.6 Å². The number of fused-ring (bicyclic) bond motifs is 1. The number of amides is 1. The Morgan fingerprint density at radius 1 is 1.14 bits per heavy atom. The molecular formula is C20H25N5O3. The first-order valence-corrected chi connectivity index (χ1v) is 10.3. The maximum atomic E-state index is 12.7. The van der Waals surface area contributed by atoms with Crippen molar-refractivity contribution in [3.8, 4) is 5.88 Å². The molecule has 0 atom stereocenters. The van der Waals surface area contributed by atoms with E-state index in [0.29, 0.717) is 24.0 Å². The van der Waals surface area contributed by atoms with Crippen molar-refractivity contribution in [2.24, 2.45) is 0 Å². The zero-order chi connectivity index (χ0) is 19.1. The summed E-state index contributed by atoms with van der Waals surface area (Å²) in [6.07, 6.45) is 8.20. The van der Waals surface area contributed by atoms with Crippen molar-refractivity contribution in [3.05, 3.63) is 39.9 Å². The fourth-order valence-electron chi connectivity index (χ4n) is 4.25. The van der Waals surface area contributed by atoms with Crippen LogP contribution < -0.4 is 15.6 Å². The molecule has 0 aromatic carbocycles. The molecule has 2 saturated carbocycles. The number of hydrogen-bond donors (Lipinski definition) is 1. The molecule has 2 aliphatic carbocycles. The molecule has 0 saturated heterocycles. The minimum Gasteiger partial charge on any atom is -0.477 e. The number of nitrogens with one attached hydrogen (secondary N) is 1. The summed E-state index contributed by atoms with van der Waals surface area (Å²) >= 11 is 0. The van der Waals surface area contributed by atoms with Gasteiger partial charge in [-0.2, -0.15) is 10.2 Å². The number of carbonyl (C=O) groups is 1. The first kappa shape index (κ1) is 17.5. The second kappa shape index (κ2) is 7.07. The van der Waals surface area contributed by atoms with Gasteiger partial charge in [-0.15, -0.1) is 0 Å². The molecule has 3 heterocycles. The molecule has 0 unspecified atom stereocenters. The number of aryl methyl sites for hydroxylation is 1. The summed E-state index contributed by atoms with van der Waals surface area (Å²) < 4.78 is 9.05. The van der Waals surface area contributed by atoms with E-state index < -0.39 is 0 Å². The van der Waals surface area contributed by atoms with E-state index >= 15 is 0 Å². The van der Waals surface area contributed by atoms with Crippen molar-refractivity contribution in [2.45, 2.75) is 69.5 Å². The van der Waals surface area contributed by atoms with E-state index in [9.17, 15) is 9.59 Å². The van der Waals surface area contributed by atoms with Crippen LogP contribution in [0.1, 0.15) is 73.0 Å². The summed E-state index contributed by atoms with van der Waals surface area (Å²) in [5.41, 5.74) is 1.53. The number of hydrogen-bond acceptors (Lipinski definition) is 5. The predicted molar refractivity (Wildman–Crippen MR) is 102 cm³/mol. The second-order valence-electron chi connectivity index (χ2n) is 8.08. The van der Waals surface area contributed by atoms with Crippen LogP contribution >= 0.6 is 0 Å². The average Bonchev–Trinajstić information content (AvgIpc) is 3.47. The van der Waals surface area contributed by atoms with Crippen molar-refractivity contribution < 1.29 is 9.53 Å².